The summed E-state index contributed by atoms with van der Waals surface area (Å²) in [5.74, 6) is 0.580. The first-order chi connectivity index (χ1) is 6.81. The molecule has 0 atom stereocenters. The van der Waals surface area contributed by atoms with Crippen molar-refractivity contribution in [1.29, 1.82) is 0 Å². The van der Waals surface area contributed by atoms with E-state index in [1.54, 1.807) is 6.07 Å². The summed E-state index contributed by atoms with van der Waals surface area (Å²) in [6.45, 7) is 4.98. The molecule has 0 aliphatic carbocycles. The van der Waals surface area contributed by atoms with Crippen LogP contribution < -0.4 is 10.2 Å². The molecule has 1 aromatic rings. The molecule has 1 saturated heterocycles. The van der Waals surface area contributed by atoms with Crippen LogP contribution in [0.4, 0.5) is 10.2 Å². The highest BCUT2D eigenvalue weighted by Crippen LogP contribution is 2.15. The van der Waals surface area contributed by atoms with Crippen molar-refractivity contribution in [2.75, 3.05) is 24.5 Å². The molecule has 1 fully saturated rings. The molecule has 14 heavy (non-hydrogen) atoms. The van der Waals surface area contributed by atoms with Crippen molar-refractivity contribution in [2.24, 2.45) is 0 Å². The molecule has 0 spiro atoms. The molecular formula is C10H14FN3. The van der Waals surface area contributed by atoms with Crippen molar-refractivity contribution in [3.63, 3.8) is 0 Å². The standard InChI is InChI=1S/C10H14FN3/c1-2-14(9-6-12-7-9)10-4-3-8(11)5-13-10/h3-5,9,12H,2,6-7H2,1H3. The Morgan fingerprint density at radius 3 is 2.79 bits per heavy atom. The minimum Gasteiger partial charge on any atom is -0.351 e. The van der Waals surface area contributed by atoms with Crippen molar-refractivity contribution in [1.82, 2.24) is 10.3 Å². The fraction of sp³-hybridized carbons (Fsp3) is 0.500. The number of halogens is 1. The van der Waals surface area contributed by atoms with Crippen LogP contribution in [0.1, 0.15) is 6.92 Å². The summed E-state index contributed by atoms with van der Waals surface area (Å²) in [4.78, 5) is 6.27. The molecule has 4 heteroatoms. The van der Waals surface area contributed by atoms with E-state index in [9.17, 15) is 4.39 Å². The summed E-state index contributed by atoms with van der Waals surface area (Å²) in [6, 6.07) is 3.70. The first-order valence-electron chi connectivity index (χ1n) is 4.90. The minimum atomic E-state index is -0.281. The average molecular weight is 195 g/mol. The molecular weight excluding hydrogens is 181 g/mol. The SMILES string of the molecule is CCN(c1ccc(F)cn1)C1CNC1. The smallest absolute Gasteiger partial charge is 0.141 e. The van der Waals surface area contributed by atoms with Gasteiger partial charge in [0.15, 0.2) is 0 Å². The number of nitrogens with zero attached hydrogens (tertiary/aromatic N) is 2. The lowest BCUT2D eigenvalue weighted by atomic mass is 10.1. The lowest BCUT2D eigenvalue weighted by Crippen LogP contribution is -2.57. The van der Waals surface area contributed by atoms with Crippen LogP contribution in [0.25, 0.3) is 0 Å². The van der Waals surface area contributed by atoms with Gasteiger partial charge < -0.3 is 10.2 Å². The summed E-state index contributed by atoms with van der Waals surface area (Å²) in [5.41, 5.74) is 0. The van der Waals surface area contributed by atoms with E-state index in [0.717, 1.165) is 25.5 Å². The van der Waals surface area contributed by atoms with Crippen LogP contribution in [0.3, 0.4) is 0 Å². The van der Waals surface area contributed by atoms with Gasteiger partial charge in [0, 0.05) is 19.6 Å². The topological polar surface area (TPSA) is 28.2 Å². The number of pyridine rings is 1. The molecule has 1 aromatic heterocycles. The Bertz CT molecular complexity index is 295. The predicted octanol–water partition coefficient (Wildman–Crippen LogP) is 1.02. The van der Waals surface area contributed by atoms with Gasteiger partial charge in [0.2, 0.25) is 0 Å². The van der Waals surface area contributed by atoms with Crippen LogP contribution in [0.15, 0.2) is 18.3 Å². The number of rotatable bonds is 3. The Labute approximate surface area is 82.9 Å². The molecule has 76 valence electrons. The largest absolute Gasteiger partial charge is 0.351 e. The first kappa shape index (κ1) is 9.40. The summed E-state index contributed by atoms with van der Waals surface area (Å²) in [6.07, 6.45) is 1.27. The monoisotopic (exact) mass is 195 g/mol. The van der Waals surface area contributed by atoms with Crippen molar-refractivity contribution in [3.8, 4) is 0 Å². The van der Waals surface area contributed by atoms with E-state index in [0.29, 0.717) is 6.04 Å². The van der Waals surface area contributed by atoms with E-state index in [1.807, 2.05) is 0 Å². The van der Waals surface area contributed by atoms with E-state index in [-0.39, 0.29) is 5.82 Å². The molecule has 0 saturated carbocycles. The lowest BCUT2D eigenvalue weighted by molar-refractivity contribution is 0.415. The molecule has 0 bridgehead atoms. The highest BCUT2D eigenvalue weighted by atomic mass is 19.1. The molecule has 0 amide bonds. The molecule has 0 radical (unpaired) electrons. The van der Waals surface area contributed by atoms with Crippen LogP contribution in [-0.2, 0) is 0 Å². The summed E-state index contributed by atoms with van der Waals surface area (Å²) in [7, 11) is 0. The zero-order valence-corrected chi connectivity index (χ0v) is 8.20. The Morgan fingerprint density at radius 1 is 1.57 bits per heavy atom. The molecule has 1 N–H and O–H groups in total. The minimum absolute atomic E-state index is 0.281. The Kier molecular flexibility index (Phi) is 2.63. The van der Waals surface area contributed by atoms with E-state index in [2.05, 4.69) is 22.1 Å². The Balaban J connectivity index is 2.14. The Hall–Kier alpha value is -1.16. The van der Waals surface area contributed by atoms with E-state index < -0.39 is 0 Å². The van der Waals surface area contributed by atoms with Crippen LogP contribution in [0.5, 0.6) is 0 Å². The fourth-order valence-electron chi connectivity index (χ4n) is 1.64. The van der Waals surface area contributed by atoms with Gasteiger partial charge in [0.25, 0.3) is 0 Å². The average Bonchev–Trinajstić information content (AvgIpc) is 2.13. The van der Waals surface area contributed by atoms with Crippen LogP contribution in [0.2, 0.25) is 0 Å². The van der Waals surface area contributed by atoms with Crippen molar-refractivity contribution in [2.45, 2.75) is 13.0 Å². The van der Waals surface area contributed by atoms with Gasteiger partial charge in [0.05, 0.1) is 12.2 Å². The highest BCUT2D eigenvalue weighted by molar-refractivity contribution is 5.40. The van der Waals surface area contributed by atoms with Crippen molar-refractivity contribution < 1.29 is 4.39 Å². The second-order valence-corrected chi connectivity index (χ2v) is 3.43. The van der Waals surface area contributed by atoms with Gasteiger partial charge in [-0.15, -0.1) is 0 Å². The summed E-state index contributed by atoms with van der Waals surface area (Å²) in [5, 5.41) is 3.21. The zero-order valence-electron chi connectivity index (χ0n) is 8.20. The molecule has 0 unspecified atom stereocenters. The highest BCUT2D eigenvalue weighted by Gasteiger charge is 2.24. The fourth-order valence-corrected chi connectivity index (χ4v) is 1.64. The van der Waals surface area contributed by atoms with Gasteiger partial charge in [-0.3, -0.25) is 0 Å². The van der Waals surface area contributed by atoms with E-state index in [4.69, 9.17) is 0 Å². The number of nitrogens with one attached hydrogen (secondary N) is 1. The quantitative estimate of drug-likeness (QED) is 0.780. The third kappa shape index (κ3) is 1.70. The van der Waals surface area contributed by atoms with Crippen molar-refractivity contribution >= 4 is 5.82 Å². The second kappa shape index (κ2) is 3.92. The van der Waals surface area contributed by atoms with Crippen LogP contribution >= 0.6 is 0 Å². The maximum atomic E-state index is 12.7. The van der Waals surface area contributed by atoms with Gasteiger partial charge in [-0.2, -0.15) is 0 Å². The van der Waals surface area contributed by atoms with Gasteiger partial charge in [-0.25, -0.2) is 9.37 Å². The molecule has 1 aliphatic rings. The maximum Gasteiger partial charge on any atom is 0.141 e. The molecule has 0 aromatic carbocycles. The number of hydrogen-bond donors (Lipinski definition) is 1. The van der Waals surface area contributed by atoms with Gasteiger partial charge in [-0.05, 0) is 19.1 Å². The number of anilines is 1. The normalized spacial score (nSPS) is 16.4. The van der Waals surface area contributed by atoms with Crippen molar-refractivity contribution in [3.05, 3.63) is 24.1 Å². The summed E-state index contributed by atoms with van der Waals surface area (Å²) < 4.78 is 12.7. The van der Waals surface area contributed by atoms with E-state index in [1.165, 1.54) is 12.3 Å². The predicted molar refractivity (Wildman–Crippen MR) is 53.9 cm³/mol. The van der Waals surface area contributed by atoms with Crippen LogP contribution in [0, 0.1) is 5.82 Å². The van der Waals surface area contributed by atoms with Gasteiger partial charge >= 0.3 is 0 Å². The van der Waals surface area contributed by atoms with E-state index >= 15 is 0 Å². The lowest BCUT2D eigenvalue weighted by Gasteiger charge is -2.38. The number of hydrogen-bond acceptors (Lipinski definition) is 3. The summed E-state index contributed by atoms with van der Waals surface area (Å²) >= 11 is 0. The molecule has 1 aliphatic heterocycles. The zero-order chi connectivity index (χ0) is 9.97. The third-order valence-corrected chi connectivity index (χ3v) is 2.55. The Morgan fingerprint density at radius 2 is 2.36 bits per heavy atom. The molecule has 2 heterocycles. The third-order valence-electron chi connectivity index (χ3n) is 2.55. The molecule has 2 rings (SSSR count). The molecule has 3 nitrogen and oxygen atoms in total. The maximum absolute atomic E-state index is 12.7. The number of likely N-dealkylation sites (N-methyl/N-ethyl adjacent to an activating group) is 1. The second-order valence-electron chi connectivity index (χ2n) is 3.43. The number of aromatic nitrogens is 1. The first-order valence-corrected chi connectivity index (χ1v) is 4.90. The van der Waals surface area contributed by atoms with Crippen LogP contribution in [-0.4, -0.2) is 30.7 Å². The van der Waals surface area contributed by atoms with Gasteiger partial charge in [-0.1, -0.05) is 0 Å². The van der Waals surface area contributed by atoms with Gasteiger partial charge in [0.1, 0.15) is 11.6 Å².